The zero-order valence-corrected chi connectivity index (χ0v) is 13.8. The molecule has 0 aliphatic carbocycles. The van der Waals surface area contributed by atoms with Gasteiger partial charge in [-0.2, -0.15) is 0 Å². The molecular weight excluding hydrogens is 286 g/mol. The summed E-state index contributed by atoms with van der Waals surface area (Å²) in [5.41, 5.74) is -0.941. The number of alkyl halides is 2. The van der Waals surface area contributed by atoms with Gasteiger partial charge in [-0.1, -0.05) is 45.7 Å². The molecule has 0 radical (unpaired) electrons. The third-order valence-corrected chi connectivity index (χ3v) is 4.11. The summed E-state index contributed by atoms with van der Waals surface area (Å²) in [6, 6.07) is 6.93. The average molecular weight is 314 g/mol. The average Bonchev–Trinajstić information content (AvgIpc) is 2.48. The highest BCUT2D eigenvalue weighted by Gasteiger charge is 2.41. The topological polar surface area (TPSA) is 29.5 Å². The van der Waals surface area contributed by atoms with E-state index >= 15 is 0 Å². The summed E-state index contributed by atoms with van der Waals surface area (Å²) in [7, 11) is 0. The van der Waals surface area contributed by atoms with Gasteiger partial charge < -0.3 is 9.84 Å². The van der Waals surface area contributed by atoms with Crippen LogP contribution < -0.4 is 4.74 Å². The van der Waals surface area contributed by atoms with Crippen LogP contribution in [0.2, 0.25) is 0 Å². The van der Waals surface area contributed by atoms with Gasteiger partial charge in [0.15, 0.2) is 0 Å². The van der Waals surface area contributed by atoms with Crippen molar-refractivity contribution in [3.05, 3.63) is 29.8 Å². The molecular formula is C18H28F2O2. The molecule has 126 valence electrons. The molecule has 0 heterocycles. The molecule has 4 heteroatoms. The van der Waals surface area contributed by atoms with Crippen molar-refractivity contribution in [3.63, 3.8) is 0 Å². The summed E-state index contributed by atoms with van der Waals surface area (Å²) >= 11 is 0. The molecule has 0 bridgehead atoms. The van der Waals surface area contributed by atoms with Crippen LogP contribution in [-0.2, 0) is 5.60 Å². The van der Waals surface area contributed by atoms with Gasteiger partial charge in [0.25, 0.3) is 0 Å². The number of hydrogen-bond donors (Lipinski definition) is 1. The van der Waals surface area contributed by atoms with E-state index in [4.69, 9.17) is 4.74 Å². The second-order valence-electron chi connectivity index (χ2n) is 5.75. The number of hydrogen-bond acceptors (Lipinski definition) is 2. The minimum absolute atomic E-state index is 0.239. The first-order chi connectivity index (χ1) is 10.5. The molecule has 1 aromatic carbocycles. The molecule has 1 N–H and O–H groups in total. The Hall–Kier alpha value is -1.16. The van der Waals surface area contributed by atoms with E-state index in [1.807, 2.05) is 6.92 Å². The molecule has 0 saturated carbocycles. The fourth-order valence-electron chi connectivity index (χ4n) is 2.82. The normalized spacial score (nSPS) is 15.6. The summed E-state index contributed by atoms with van der Waals surface area (Å²) in [6.45, 7) is 6.32. The van der Waals surface area contributed by atoms with E-state index in [-0.39, 0.29) is 6.42 Å². The van der Waals surface area contributed by atoms with Gasteiger partial charge in [0.05, 0.1) is 18.1 Å². The third kappa shape index (κ3) is 4.67. The molecule has 0 fully saturated rings. The summed E-state index contributed by atoms with van der Waals surface area (Å²) in [6.07, 6.45) is 0.705. The van der Waals surface area contributed by atoms with Gasteiger partial charge in [0, 0.05) is 0 Å². The van der Waals surface area contributed by atoms with Crippen molar-refractivity contribution in [3.8, 4) is 5.75 Å². The predicted octanol–water partition coefficient (Wildman–Crippen LogP) is 5.14. The van der Waals surface area contributed by atoms with Crippen LogP contribution in [0.3, 0.4) is 0 Å². The van der Waals surface area contributed by atoms with E-state index in [0.29, 0.717) is 30.8 Å². The highest BCUT2D eigenvalue weighted by atomic mass is 19.3. The van der Waals surface area contributed by atoms with Gasteiger partial charge in [-0.05, 0) is 37.0 Å². The van der Waals surface area contributed by atoms with Crippen LogP contribution in [0.5, 0.6) is 5.75 Å². The first kappa shape index (κ1) is 18.9. The molecule has 1 aromatic rings. The summed E-state index contributed by atoms with van der Waals surface area (Å²) < 4.78 is 32.2. The minimum atomic E-state index is -2.54. The molecule has 0 spiro atoms. The molecule has 1 rings (SSSR count). The molecule has 22 heavy (non-hydrogen) atoms. The fraction of sp³-hybridized carbons (Fsp3) is 0.667. The van der Waals surface area contributed by atoms with Crippen LogP contribution in [0, 0.1) is 5.92 Å². The van der Waals surface area contributed by atoms with Crippen molar-refractivity contribution >= 4 is 0 Å². The second-order valence-corrected chi connectivity index (χ2v) is 5.75. The molecule has 0 aliphatic heterocycles. The SMILES string of the molecule is CCCCOc1ccc(C(O)(CCC)C(CC)C(F)F)cc1. The molecule has 2 nitrogen and oxygen atoms in total. The van der Waals surface area contributed by atoms with Gasteiger partial charge in [0.1, 0.15) is 5.75 Å². The maximum absolute atomic E-state index is 13.3. The van der Waals surface area contributed by atoms with Crippen LogP contribution in [0.1, 0.15) is 58.4 Å². The lowest BCUT2D eigenvalue weighted by atomic mass is 9.77. The van der Waals surface area contributed by atoms with Crippen molar-refractivity contribution < 1.29 is 18.6 Å². The highest BCUT2D eigenvalue weighted by Crippen LogP contribution is 2.40. The summed E-state index contributed by atoms with van der Waals surface area (Å²) in [5, 5.41) is 10.9. The van der Waals surface area contributed by atoms with Crippen LogP contribution in [0.15, 0.2) is 24.3 Å². The lowest BCUT2D eigenvalue weighted by Gasteiger charge is -2.36. The Morgan fingerprint density at radius 2 is 1.73 bits per heavy atom. The summed E-state index contributed by atoms with van der Waals surface area (Å²) in [4.78, 5) is 0. The Balaban J connectivity index is 2.96. The van der Waals surface area contributed by atoms with Crippen molar-refractivity contribution in [2.24, 2.45) is 5.92 Å². The number of halogens is 2. The fourth-order valence-corrected chi connectivity index (χ4v) is 2.82. The third-order valence-electron chi connectivity index (χ3n) is 4.11. The first-order valence-electron chi connectivity index (χ1n) is 8.23. The largest absolute Gasteiger partial charge is 0.494 e. The number of rotatable bonds is 10. The zero-order valence-electron chi connectivity index (χ0n) is 13.8. The van der Waals surface area contributed by atoms with Gasteiger partial charge in [0.2, 0.25) is 6.43 Å². The smallest absolute Gasteiger partial charge is 0.244 e. The Morgan fingerprint density at radius 3 is 2.18 bits per heavy atom. The maximum Gasteiger partial charge on any atom is 0.244 e. The second kappa shape index (κ2) is 9.09. The lowest BCUT2D eigenvalue weighted by molar-refractivity contribution is -0.0975. The number of unbranched alkanes of at least 4 members (excludes halogenated alkanes) is 1. The van der Waals surface area contributed by atoms with Crippen molar-refractivity contribution in [1.29, 1.82) is 0 Å². The number of aliphatic hydroxyl groups is 1. The first-order valence-corrected chi connectivity index (χ1v) is 8.23. The minimum Gasteiger partial charge on any atom is -0.494 e. The van der Waals surface area contributed by atoms with E-state index < -0.39 is 17.9 Å². The Labute approximate surface area is 132 Å². The highest BCUT2D eigenvalue weighted by molar-refractivity contribution is 5.31. The van der Waals surface area contributed by atoms with E-state index in [9.17, 15) is 13.9 Å². The lowest BCUT2D eigenvalue weighted by Crippen LogP contribution is -2.39. The molecule has 0 amide bonds. The molecule has 2 atom stereocenters. The van der Waals surface area contributed by atoms with Crippen molar-refractivity contribution in [1.82, 2.24) is 0 Å². The number of benzene rings is 1. The van der Waals surface area contributed by atoms with Crippen LogP contribution in [0.25, 0.3) is 0 Å². The Kier molecular flexibility index (Phi) is 7.80. The van der Waals surface area contributed by atoms with Crippen molar-refractivity contribution in [2.45, 2.75) is 64.9 Å². The monoisotopic (exact) mass is 314 g/mol. The van der Waals surface area contributed by atoms with Gasteiger partial charge in [-0.3, -0.25) is 0 Å². The van der Waals surface area contributed by atoms with Gasteiger partial charge in [-0.15, -0.1) is 0 Å². The van der Waals surface area contributed by atoms with E-state index in [0.717, 1.165) is 12.8 Å². The van der Waals surface area contributed by atoms with E-state index in [1.54, 1.807) is 31.2 Å². The quantitative estimate of drug-likeness (QED) is 0.606. The van der Waals surface area contributed by atoms with Crippen LogP contribution in [0.4, 0.5) is 8.78 Å². The Morgan fingerprint density at radius 1 is 1.09 bits per heavy atom. The molecule has 0 saturated heterocycles. The van der Waals surface area contributed by atoms with Crippen LogP contribution in [-0.4, -0.2) is 18.1 Å². The van der Waals surface area contributed by atoms with E-state index in [1.165, 1.54) is 0 Å². The standard InChI is InChI=1S/C18H28F2O2/c1-4-7-13-22-15-10-8-14(9-11-15)18(21,12-5-2)16(6-3)17(19)20/h8-11,16-17,21H,4-7,12-13H2,1-3H3. The predicted molar refractivity (Wildman–Crippen MR) is 85.4 cm³/mol. The van der Waals surface area contributed by atoms with E-state index in [2.05, 4.69) is 6.92 Å². The summed E-state index contributed by atoms with van der Waals surface area (Å²) in [5.74, 6) is -0.347. The molecule has 2 unspecified atom stereocenters. The van der Waals surface area contributed by atoms with Gasteiger partial charge >= 0.3 is 0 Å². The van der Waals surface area contributed by atoms with Crippen molar-refractivity contribution in [2.75, 3.05) is 6.61 Å². The molecule has 0 aromatic heterocycles. The van der Waals surface area contributed by atoms with Crippen LogP contribution >= 0.6 is 0 Å². The maximum atomic E-state index is 13.3. The van der Waals surface area contributed by atoms with Gasteiger partial charge in [-0.25, -0.2) is 8.78 Å². The Bertz CT molecular complexity index is 420. The zero-order chi connectivity index (χ0) is 16.6. The molecule has 0 aliphatic rings. The number of ether oxygens (including phenoxy) is 1.